The van der Waals surface area contributed by atoms with Crippen LogP contribution in [0.2, 0.25) is 0 Å². The van der Waals surface area contributed by atoms with Crippen molar-refractivity contribution in [2.45, 2.75) is 32.2 Å². The van der Waals surface area contributed by atoms with E-state index in [1.54, 1.807) is 6.92 Å². The number of rotatable bonds is 6. The summed E-state index contributed by atoms with van der Waals surface area (Å²) in [5.74, 6) is -6.62. The molecule has 0 aliphatic carbocycles. The Labute approximate surface area is 120 Å². The van der Waals surface area contributed by atoms with Crippen molar-refractivity contribution in [1.82, 2.24) is 0 Å². The molecule has 0 spiro atoms. The molecule has 2 atom stereocenters. The number of carbonyl (C=O) groups excluding carboxylic acids is 1. The highest BCUT2D eigenvalue weighted by molar-refractivity contribution is 5.75. The van der Waals surface area contributed by atoms with Crippen molar-refractivity contribution in [2.75, 3.05) is 7.11 Å². The highest BCUT2D eigenvalue weighted by atomic mass is 19.2. The van der Waals surface area contributed by atoms with Crippen LogP contribution < -0.4 is 5.73 Å². The van der Waals surface area contributed by atoms with Gasteiger partial charge < -0.3 is 10.5 Å². The fourth-order valence-corrected chi connectivity index (χ4v) is 2.02. The summed E-state index contributed by atoms with van der Waals surface area (Å²) in [7, 11) is 1.21. The van der Waals surface area contributed by atoms with Crippen LogP contribution in [-0.4, -0.2) is 19.1 Å². The smallest absolute Gasteiger partial charge is 0.322 e. The zero-order chi connectivity index (χ0) is 16.2. The van der Waals surface area contributed by atoms with E-state index in [1.165, 1.54) is 7.11 Å². The molecule has 1 aromatic rings. The van der Waals surface area contributed by atoms with E-state index in [0.29, 0.717) is 6.07 Å². The van der Waals surface area contributed by atoms with E-state index < -0.39 is 40.8 Å². The molecule has 0 aliphatic heterocycles. The SMILES string of the molecule is COC(=O)C(N)CC(C)CCc1c(F)cc(F)c(F)c1F. The summed E-state index contributed by atoms with van der Waals surface area (Å²) in [6.07, 6.45) is 0.410. The average Bonchev–Trinajstić information content (AvgIpc) is 2.43. The minimum absolute atomic E-state index is 0.121. The van der Waals surface area contributed by atoms with Gasteiger partial charge in [-0.3, -0.25) is 4.79 Å². The molecule has 1 aromatic carbocycles. The highest BCUT2D eigenvalue weighted by Gasteiger charge is 2.21. The predicted molar refractivity (Wildman–Crippen MR) is 68.4 cm³/mol. The average molecular weight is 307 g/mol. The summed E-state index contributed by atoms with van der Waals surface area (Å²) in [4.78, 5) is 11.2. The molecule has 0 amide bonds. The van der Waals surface area contributed by atoms with Crippen LogP contribution in [0.3, 0.4) is 0 Å². The molecule has 0 saturated heterocycles. The summed E-state index contributed by atoms with van der Waals surface area (Å²) in [5.41, 5.74) is 5.06. The minimum Gasteiger partial charge on any atom is -0.468 e. The topological polar surface area (TPSA) is 52.3 Å². The Bertz CT molecular complexity index is 522. The number of esters is 1. The van der Waals surface area contributed by atoms with Crippen LogP contribution in [-0.2, 0) is 16.0 Å². The molecule has 0 bridgehead atoms. The van der Waals surface area contributed by atoms with Gasteiger partial charge in [0.1, 0.15) is 11.9 Å². The van der Waals surface area contributed by atoms with Crippen molar-refractivity contribution in [3.63, 3.8) is 0 Å². The van der Waals surface area contributed by atoms with Crippen LogP contribution in [0.5, 0.6) is 0 Å². The van der Waals surface area contributed by atoms with Gasteiger partial charge in [0.05, 0.1) is 7.11 Å². The molecule has 0 radical (unpaired) electrons. The predicted octanol–water partition coefficient (Wildman–Crippen LogP) is 2.70. The lowest BCUT2D eigenvalue weighted by Crippen LogP contribution is -2.33. The van der Waals surface area contributed by atoms with Gasteiger partial charge in [-0.25, -0.2) is 17.6 Å². The van der Waals surface area contributed by atoms with Gasteiger partial charge >= 0.3 is 5.97 Å². The lowest BCUT2D eigenvalue weighted by atomic mass is 9.94. The van der Waals surface area contributed by atoms with Crippen LogP contribution in [0.15, 0.2) is 6.07 Å². The number of hydrogen-bond donors (Lipinski definition) is 1. The quantitative estimate of drug-likeness (QED) is 0.380. The standard InChI is InChI=1S/C14H17F4NO2/c1-7(5-11(19)14(20)21-2)3-4-8-9(15)6-10(16)13(18)12(8)17/h6-7,11H,3-5,19H2,1-2H3. The van der Waals surface area contributed by atoms with Crippen molar-refractivity contribution in [3.8, 4) is 0 Å². The summed E-state index contributed by atoms with van der Waals surface area (Å²) in [6, 6.07) is -0.511. The molecule has 7 heteroatoms. The normalized spacial score (nSPS) is 13.9. The minimum atomic E-state index is -1.69. The molecule has 3 nitrogen and oxygen atoms in total. The van der Waals surface area contributed by atoms with Crippen LogP contribution in [0.25, 0.3) is 0 Å². The Kier molecular flexibility index (Phi) is 6.14. The Morgan fingerprint density at radius 1 is 1.24 bits per heavy atom. The lowest BCUT2D eigenvalue weighted by Gasteiger charge is -2.16. The third kappa shape index (κ3) is 4.42. The summed E-state index contributed by atoms with van der Waals surface area (Å²) in [5, 5.41) is 0. The summed E-state index contributed by atoms with van der Waals surface area (Å²) >= 11 is 0. The molecular formula is C14H17F4NO2. The highest BCUT2D eigenvalue weighted by Crippen LogP contribution is 2.22. The molecule has 2 N–H and O–H groups in total. The van der Waals surface area contributed by atoms with Crippen LogP contribution in [0.1, 0.15) is 25.3 Å². The van der Waals surface area contributed by atoms with Crippen molar-refractivity contribution >= 4 is 5.97 Å². The molecule has 118 valence electrons. The Morgan fingerprint density at radius 2 is 1.86 bits per heavy atom. The molecule has 21 heavy (non-hydrogen) atoms. The van der Waals surface area contributed by atoms with Crippen LogP contribution in [0, 0.1) is 29.2 Å². The maximum Gasteiger partial charge on any atom is 0.322 e. The van der Waals surface area contributed by atoms with Crippen molar-refractivity contribution in [3.05, 3.63) is 34.9 Å². The maximum absolute atomic E-state index is 13.5. The monoisotopic (exact) mass is 307 g/mol. The second-order valence-electron chi connectivity index (χ2n) is 4.96. The molecule has 2 unspecified atom stereocenters. The van der Waals surface area contributed by atoms with E-state index in [4.69, 9.17) is 5.73 Å². The summed E-state index contributed by atoms with van der Waals surface area (Å²) < 4.78 is 57.2. The van der Waals surface area contributed by atoms with Gasteiger partial charge in [0.15, 0.2) is 17.5 Å². The van der Waals surface area contributed by atoms with E-state index in [9.17, 15) is 22.4 Å². The van der Waals surface area contributed by atoms with Crippen LogP contribution in [0.4, 0.5) is 17.6 Å². The molecule has 0 heterocycles. The zero-order valence-electron chi connectivity index (χ0n) is 11.8. The summed E-state index contributed by atoms with van der Waals surface area (Å²) in [6.45, 7) is 1.73. The Balaban J connectivity index is 2.68. The van der Waals surface area contributed by atoms with E-state index in [-0.39, 0.29) is 25.2 Å². The molecule has 0 aromatic heterocycles. The molecule has 0 fully saturated rings. The first-order valence-corrected chi connectivity index (χ1v) is 6.43. The van der Waals surface area contributed by atoms with Gasteiger partial charge in [-0.05, 0) is 25.2 Å². The number of nitrogens with two attached hydrogens (primary N) is 1. The largest absolute Gasteiger partial charge is 0.468 e. The van der Waals surface area contributed by atoms with Crippen molar-refractivity contribution in [1.29, 1.82) is 0 Å². The van der Waals surface area contributed by atoms with Gasteiger partial charge in [-0.15, -0.1) is 0 Å². The van der Waals surface area contributed by atoms with E-state index in [2.05, 4.69) is 4.74 Å². The fraction of sp³-hybridized carbons (Fsp3) is 0.500. The van der Waals surface area contributed by atoms with Crippen LogP contribution >= 0.6 is 0 Å². The number of benzene rings is 1. The maximum atomic E-state index is 13.5. The van der Waals surface area contributed by atoms with E-state index in [0.717, 1.165) is 0 Å². The number of ether oxygens (including phenoxy) is 1. The molecule has 0 aliphatic rings. The number of carbonyl (C=O) groups is 1. The number of methoxy groups -OCH3 is 1. The Hall–Kier alpha value is -1.63. The number of halogens is 4. The first kappa shape index (κ1) is 17.4. The second kappa shape index (κ2) is 7.40. The van der Waals surface area contributed by atoms with Gasteiger partial charge in [0, 0.05) is 11.6 Å². The van der Waals surface area contributed by atoms with E-state index in [1.807, 2.05) is 0 Å². The lowest BCUT2D eigenvalue weighted by molar-refractivity contribution is -0.142. The van der Waals surface area contributed by atoms with Gasteiger partial charge in [0.25, 0.3) is 0 Å². The first-order valence-electron chi connectivity index (χ1n) is 6.43. The Morgan fingerprint density at radius 3 is 2.43 bits per heavy atom. The molecule has 1 rings (SSSR count). The van der Waals surface area contributed by atoms with E-state index >= 15 is 0 Å². The number of hydrogen-bond acceptors (Lipinski definition) is 3. The van der Waals surface area contributed by atoms with Gasteiger partial charge in [0.2, 0.25) is 0 Å². The van der Waals surface area contributed by atoms with Gasteiger partial charge in [-0.1, -0.05) is 6.92 Å². The second-order valence-corrected chi connectivity index (χ2v) is 4.96. The third-order valence-electron chi connectivity index (χ3n) is 3.26. The molecule has 0 saturated carbocycles. The first-order chi connectivity index (χ1) is 9.77. The van der Waals surface area contributed by atoms with Gasteiger partial charge in [-0.2, -0.15) is 0 Å². The zero-order valence-corrected chi connectivity index (χ0v) is 11.8. The third-order valence-corrected chi connectivity index (χ3v) is 3.26. The molecular weight excluding hydrogens is 290 g/mol. The van der Waals surface area contributed by atoms with Crippen molar-refractivity contribution in [2.24, 2.45) is 11.7 Å². The van der Waals surface area contributed by atoms with Crippen molar-refractivity contribution < 1.29 is 27.1 Å². The fourth-order valence-electron chi connectivity index (χ4n) is 2.02.